The zero-order chi connectivity index (χ0) is 16.9. The number of anilines is 1. The van der Waals surface area contributed by atoms with Crippen LogP contribution in [0.1, 0.15) is 46.1 Å². The van der Waals surface area contributed by atoms with Gasteiger partial charge >= 0.3 is 0 Å². The minimum atomic E-state index is -0.123. The largest absolute Gasteiger partial charge is 0.325 e. The summed E-state index contributed by atoms with van der Waals surface area (Å²) in [5.74, 6) is 0.0784. The van der Waals surface area contributed by atoms with E-state index in [9.17, 15) is 4.79 Å². The number of amides is 1. The van der Waals surface area contributed by atoms with Crippen molar-refractivity contribution in [2.24, 2.45) is 5.41 Å². The van der Waals surface area contributed by atoms with E-state index in [-0.39, 0.29) is 17.4 Å². The lowest BCUT2D eigenvalue weighted by Crippen LogP contribution is -2.53. The molecule has 1 aliphatic heterocycles. The van der Waals surface area contributed by atoms with Crippen molar-refractivity contribution in [3.8, 4) is 0 Å². The smallest absolute Gasteiger partial charge is 0.242 e. The van der Waals surface area contributed by atoms with Crippen LogP contribution in [-0.4, -0.2) is 36.5 Å². The van der Waals surface area contributed by atoms with E-state index >= 15 is 0 Å². The van der Waals surface area contributed by atoms with Crippen LogP contribution in [-0.2, 0) is 11.3 Å². The van der Waals surface area contributed by atoms with Gasteiger partial charge in [0.05, 0.1) is 6.04 Å². The van der Waals surface area contributed by atoms with Crippen LogP contribution in [0.15, 0.2) is 24.3 Å². The fourth-order valence-corrected chi connectivity index (χ4v) is 3.33. The predicted molar refractivity (Wildman–Crippen MR) is 96.5 cm³/mol. The molecule has 1 atom stereocenters. The third kappa shape index (κ3) is 4.79. The Morgan fingerprint density at radius 3 is 2.74 bits per heavy atom. The predicted octanol–water partition coefficient (Wildman–Crippen LogP) is 3.25. The molecule has 23 heavy (non-hydrogen) atoms. The molecule has 1 unspecified atom stereocenters. The summed E-state index contributed by atoms with van der Waals surface area (Å²) in [7, 11) is 0. The highest BCUT2D eigenvalue weighted by atomic mass is 16.2. The SMILES string of the molecule is CCN(CC)Cc1cccc(NC(=O)C2NCCCC2(C)C)c1. The lowest BCUT2D eigenvalue weighted by atomic mass is 9.77. The molecule has 0 bridgehead atoms. The summed E-state index contributed by atoms with van der Waals surface area (Å²) in [4.78, 5) is 15.0. The van der Waals surface area contributed by atoms with Gasteiger partial charge in [-0.1, -0.05) is 39.8 Å². The number of carbonyl (C=O) groups excluding carboxylic acids is 1. The van der Waals surface area contributed by atoms with E-state index in [0.717, 1.165) is 44.7 Å². The molecule has 1 amide bonds. The van der Waals surface area contributed by atoms with Crippen molar-refractivity contribution in [2.45, 2.75) is 53.1 Å². The topological polar surface area (TPSA) is 44.4 Å². The second-order valence-corrected chi connectivity index (χ2v) is 7.13. The fraction of sp³-hybridized carbons (Fsp3) is 0.632. The van der Waals surface area contributed by atoms with Gasteiger partial charge in [0, 0.05) is 12.2 Å². The summed E-state index contributed by atoms with van der Waals surface area (Å²) < 4.78 is 0. The molecule has 0 aromatic heterocycles. The van der Waals surface area contributed by atoms with Crippen molar-refractivity contribution in [1.29, 1.82) is 0 Å². The van der Waals surface area contributed by atoms with Gasteiger partial charge < -0.3 is 10.6 Å². The number of hydrogen-bond donors (Lipinski definition) is 2. The molecular weight excluding hydrogens is 286 g/mol. The normalized spacial score (nSPS) is 20.5. The average Bonchev–Trinajstić information content (AvgIpc) is 2.52. The molecular formula is C19H31N3O. The summed E-state index contributed by atoms with van der Waals surface area (Å²) in [6.07, 6.45) is 2.22. The second kappa shape index (κ2) is 7.93. The van der Waals surface area contributed by atoms with E-state index in [1.54, 1.807) is 0 Å². The van der Waals surface area contributed by atoms with Crippen LogP contribution in [0, 0.1) is 5.41 Å². The van der Waals surface area contributed by atoms with Gasteiger partial charge in [-0.25, -0.2) is 0 Å². The number of hydrogen-bond acceptors (Lipinski definition) is 3. The number of piperidine rings is 1. The minimum absolute atomic E-state index is 0.00115. The summed E-state index contributed by atoms with van der Waals surface area (Å²) in [6, 6.07) is 8.08. The number of rotatable bonds is 6. The molecule has 1 aliphatic rings. The van der Waals surface area contributed by atoms with Crippen LogP contribution in [0.4, 0.5) is 5.69 Å². The number of carbonyl (C=O) groups is 1. The Balaban J connectivity index is 2.03. The van der Waals surface area contributed by atoms with Crippen molar-refractivity contribution in [2.75, 3.05) is 25.0 Å². The van der Waals surface area contributed by atoms with Gasteiger partial charge in [0.25, 0.3) is 0 Å². The molecule has 128 valence electrons. The lowest BCUT2D eigenvalue weighted by Gasteiger charge is -2.38. The van der Waals surface area contributed by atoms with E-state index in [1.807, 2.05) is 12.1 Å². The second-order valence-electron chi connectivity index (χ2n) is 7.13. The van der Waals surface area contributed by atoms with Crippen molar-refractivity contribution >= 4 is 11.6 Å². The fourth-order valence-electron chi connectivity index (χ4n) is 3.33. The van der Waals surface area contributed by atoms with Crippen molar-refractivity contribution in [3.63, 3.8) is 0 Å². The summed E-state index contributed by atoms with van der Waals surface area (Å²) in [5.41, 5.74) is 2.13. The maximum absolute atomic E-state index is 12.6. The van der Waals surface area contributed by atoms with E-state index in [4.69, 9.17) is 0 Å². The van der Waals surface area contributed by atoms with Gasteiger partial charge in [-0.05, 0) is 55.6 Å². The first-order chi connectivity index (χ1) is 11.0. The molecule has 0 aliphatic carbocycles. The van der Waals surface area contributed by atoms with Crippen molar-refractivity contribution < 1.29 is 4.79 Å². The Morgan fingerprint density at radius 2 is 2.09 bits per heavy atom. The molecule has 0 saturated carbocycles. The standard InChI is InChI=1S/C19H31N3O/c1-5-22(6-2)14-15-9-7-10-16(13-15)21-18(23)17-19(3,4)11-8-12-20-17/h7,9-10,13,17,20H,5-6,8,11-12,14H2,1-4H3,(H,21,23). The van der Waals surface area contributed by atoms with Gasteiger partial charge in [-0.2, -0.15) is 0 Å². The third-order valence-corrected chi connectivity index (χ3v) is 4.89. The Kier molecular flexibility index (Phi) is 6.19. The van der Waals surface area contributed by atoms with Crippen LogP contribution in [0.3, 0.4) is 0 Å². The Hall–Kier alpha value is -1.39. The number of nitrogens with one attached hydrogen (secondary N) is 2. The molecule has 2 N–H and O–H groups in total. The number of benzene rings is 1. The molecule has 1 aromatic carbocycles. The summed E-state index contributed by atoms with van der Waals surface area (Å²) in [6.45, 7) is 12.6. The average molecular weight is 317 g/mol. The Labute approximate surface area is 140 Å². The first-order valence-electron chi connectivity index (χ1n) is 8.82. The molecule has 4 heteroatoms. The molecule has 1 saturated heterocycles. The van der Waals surface area contributed by atoms with E-state index < -0.39 is 0 Å². The summed E-state index contributed by atoms with van der Waals surface area (Å²) in [5, 5.41) is 6.47. The highest BCUT2D eigenvalue weighted by Crippen LogP contribution is 2.30. The summed E-state index contributed by atoms with van der Waals surface area (Å²) >= 11 is 0. The van der Waals surface area contributed by atoms with Crippen LogP contribution >= 0.6 is 0 Å². The Bertz CT molecular complexity index is 523. The van der Waals surface area contributed by atoms with Gasteiger partial charge in [0.15, 0.2) is 0 Å². The molecule has 0 spiro atoms. The van der Waals surface area contributed by atoms with Crippen LogP contribution in [0.2, 0.25) is 0 Å². The molecule has 1 aromatic rings. The molecule has 0 radical (unpaired) electrons. The van der Waals surface area contributed by atoms with Crippen molar-refractivity contribution in [1.82, 2.24) is 10.2 Å². The van der Waals surface area contributed by atoms with Gasteiger partial charge in [0.1, 0.15) is 0 Å². The van der Waals surface area contributed by atoms with E-state index in [1.165, 1.54) is 5.56 Å². The molecule has 1 heterocycles. The van der Waals surface area contributed by atoms with Crippen LogP contribution < -0.4 is 10.6 Å². The van der Waals surface area contributed by atoms with Gasteiger partial charge in [-0.3, -0.25) is 9.69 Å². The van der Waals surface area contributed by atoms with Gasteiger partial charge in [-0.15, -0.1) is 0 Å². The van der Waals surface area contributed by atoms with Gasteiger partial charge in [0.2, 0.25) is 5.91 Å². The monoisotopic (exact) mass is 317 g/mol. The lowest BCUT2D eigenvalue weighted by molar-refractivity contribution is -0.121. The maximum atomic E-state index is 12.6. The van der Waals surface area contributed by atoms with E-state index in [2.05, 4.69) is 55.4 Å². The molecule has 2 rings (SSSR count). The maximum Gasteiger partial charge on any atom is 0.242 e. The minimum Gasteiger partial charge on any atom is -0.325 e. The highest BCUT2D eigenvalue weighted by Gasteiger charge is 2.37. The molecule has 1 fully saturated rings. The molecule has 4 nitrogen and oxygen atoms in total. The van der Waals surface area contributed by atoms with Crippen LogP contribution in [0.5, 0.6) is 0 Å². The van der Waals surface area contributed by atoms with E-state index in [0.29, 0.717) is 0 Å². The zero-order valence-electron chi connectivity index (χ0n) is 15.0. The first kappa shape index (κ1) is 18.0. The Morgan fingerprint density at radius 1 is 1.35 bits per heavy atom. The number of nitrogens with zero attached hydrogens (tertiary/aromatic N) is 1. The van der Waals surface area contributed by atoms with Crippen molar-refractivity contribution in [3.05, 3.63) is 29.8 Å². The van der Waals surface area contributed by atoms with Crippen LogP contribution in [0.25, 0.3) is 0 Å². The highest BCUT2D eigenvalue weighted by molar-refractivity contribution is 5.95. The zero-order valence-corrected chi connectivity index (χ0v) is 15.0. The quantitative estimate of drug-likeness (QED) is 0.846. The first-order valence-corrected chi connectivity index (χ1v) is 8.82. The third-order valence-electron chi connectivity index (χ3n) is 4.89.